The molecule has 0 bridgehead atoms. The number of hydrogen-bond donors (Lipinski definition) is 0. The maximum atomic E-state index is 13.2. The monoisotopic (exact) mass is 297 g/mol. The number of likely N-dealkylation sites (N-methyl/N-ethyl adjacent to an activating group) is 1. The molecule has 0 aliphatic carbocycles. The molecule has 0 aromatic heterocycles. The average molecular weight is 297 g/mol. The first-order chi connectivity index (χ1) is 10.1. The van der Waals surface area contributed by atoms with Gasteiger partial charge in [-0.15, -0.1) is 0 Å². The Labute approximate surface area is 125 Å². The van der Waals surface area contributed by atoms with E-state index in [2.05, 4.69) is 0 Å². The number of amides is 1. The van der Waals surface area contributed by atoms with Gasteiger partial charge in [0.15, 0.2) is 0 Å². The third-order valence-electron chi connectivity index (χ3n) is 3.10. The van der Waals surface area contributed by atoms with E-state index in [0.717, 1.165) is 5.56 Å². The summed E-state index contributed by atoms with van der Waals surface area (Å²) in [6, 6.07) is 6.28. The van der Waals surface area contributed by atoms with Crippen molar-refractivity contribution in [2.24, 2.45) is 0 Å². The zero-order chi connectivity index (χ0) is 15.7. The Bertz CT molecular complexity index is 439. The molecule has 0 heterocycles. The summed E-state index contributed by atoms with van der Waals surface area (Å²) in [6.07, 6.45) is -0.529. The van der Waals surface area contributed by atoms with Gasteiger partial charge in [0.2, 0.25) is 0 Å². The van der Waals surface area contributed by atoms with Crippen molar-refractivity contribution >= 4 is 5.91 Å². The average Bonchev–Trinajstić information content (AvgIpc) is 2.48. The third-order valence-corrected chi connectivity index (χ3v) is 3.10. The lowest BCUT2D eigenvalue weighted by Crippen LogP contribution is -2.39. The van der Waals surface area contributed by atoms with Crippen molar-refractivity contribution < 1.29 is 18.7 Å². The number of ether oxygens (including phenoxy) is 2. The highest BCUT2D eigenvalue weighted by Gasteiger charge is 2.20. The molecular formula is C16H24FNO3. The molecule has 1 atom stereocenters. The molecule has 1 amide bonds. The van der Waals surface area contributed by atoms with E-state index in [1.54, 1.807) is 24.0 Å². The van der Waals surface area contributed by atoms with E-state index in [1.807, 2.05) is 13.8 Å². The summed E-state index contributed by atoms with van der Waals surface area (Å²) in [5.41, 5.74) is 0.770. The minimum Gasteiger partial charge on any atom is -0.379 e. The van der Waals surface area contributed by atoms with Crippen molar-refractivity contribution in [3.8, 4) is 0 Å². The van der Waals surface area contributed by atoms with Crippen molar-refractivity contribution in [2.75, 3.05) is 26.4 Å². The number of rotatable bonds is 9. The molecule has 1 aromatic rings. The van der Waals surface area contributed by atoms with E-state index in [9.17, 15) is 9.18 Å². The molecule has 0 aliphatic rings. The maximum Gasteiger partial charge on any atom is 0.251 e. The molecule has 5 heteroatoms. The van der Waals surface area contributed by atoms with Gasteiger partial charge in [-0.05, 0) is 38.5 Å². The first kappa shape index (κ1) is 17.6. The third kappa shape index (κ3) is 6.23. The normalized spacial score (nSPS) is 12.2. The molecule has 0 spiro atoms. The van der Waals surface area contributed by atoms with Crippen LogP contribution in [0.15, 0.2) is 24.3 Å². The molecule has 0 saturated carbocycles. The summed E-state index contributed by atoms with van der Waals surface area (Å²) in [7, 11) is 0. The number of carbonyl (C=O) groups excluding carboxylic acids is 1. The molecule has 0 saturated heterocycles. The summed E-state index contributed by atoms with van der Waals surface area (Å²) in [6.45, 7) is 7.95. The molecule has 4 nitrogen and oxygen atoms in total. The molecule has 1 aromatic carbocycles. The zero-order valence-corrected chi connectivity index (χ0v) is 13.0. The fraction of sp³-hybridized carbons (Fsp3) is 0.562. The molecule has 1 rings (SSSR count). The van der Waals surface area contributed by atoms with Gasteiger partial charge in [0, 0.05) is 19.7 Å². The predicted molar refractivity (Wildman–Crippen MR) is 79.4 cm³/mol. The second-order valence-corrected chi connectivity index (χ2v) is 4.69. The van der Waals surface area contributed by atoms with Crippen LogP contribution in [0.3, 0.4) is 0 Å². The lowest BCUT2D eigenvalue weighted by atomic mass is 10.2. The summed E-state index contributed by atoms with van der Waals surface area (Å²) in [5, 5.41) is 0. The smallest absolute Gasteiger partial charge is 0.251 e. The minimum absolute atomic E-state index is 0.0988. The first-order valence-electron chi connectivity index (χ1n) is 7.31. The van der Waals surface area contributed by atoms with Crippen molar-refractivity contribution in [2.45, 2.75) is 33.4 Å². The minimum atomic E-state index is -0.529. The van der Waals surface area contributed by atoms with E-state index in [-0.39, 0.29) is 11.7 Å². The number of carbonyl (C=O) groups is 1. The van der Waals surface area contributed by atoms with Crippen LogP contribution in [0, 0.1) is 5.82 Å². The van der Waals surface area contributed by atoms with Crippen LogP contribution in [0.2, 0.25) is 0 Å². The van der Waals surface area contributed by atoms with E-state index in [0.29, 0.717) is 32.9 Å². The molecule has 0 radical (unpaired) electrons. The zero-order valence-electron chi connectivity index (χ0n) is 13.0. The second kappa shape index (κ2) is 9.47. The van der Waals surface area contributed by atoms with Crippen LogP contribution >= 0.6 is 0 Å². The van der Waals surface area contributed by atoms with Crippen molar-refractivity contribution in [3.05, 3.63) is 35.6 Å². The van der Waals surface area contributed by atoms with Gasteiger partial charge in [-0.3, -0.25) is 4.79 Å². The van der Waals surface area contributed by atoms with E-state index < -0.39 is 6.10 Å². The Hall–Kier alpha value is -1.46. The first-order valence-corrected chi connectivity index (χ1v) is 7.31. The molecule has 0 aliphatic heterocycles. The number of nitrogens with zero attached hydrogens (tertiary/aromatic N) is 1. The summed E-state index contributed by atoms with van der Waals surface area (Å²) in [4.78, 5) is 13.9. The van der Waals surface area contributed by atoms with Crippen LogP contribution in [0.4, 0.5) is 4.39 Å². The lowest BCUT2D eigenvalue weighted by molar-refractivity contribution is -0.144. The van der Waals surface area contributed by atoms with Gasteiger partial charge in [0.05, 0.1) is 13.2 Å². The fourth-order valence-electron chi connectivity index (χ4n) is 1.96. The molecule has 0 N–H and O–H groups in total. The van der Waals surface area contributed by atoms with Crippen molar-refractivity contribution in [1.29, 1.82) is 0 Å². The summed E-state index contributed by atoms with van der Waals surface area (Å²) in [5.74, 6) is -0.393. The van der Waals surface area contributed by atoms with Crippen LogP contribution in [-0.2, 0) is 20.8 Å². The molecule has 1 unspecified atom stereocenters. The fourth-order valence-corrected chi connectivity index (χ4v) is 1.96. The number of hydrogen-bond acceptors (Lipinski definition) is 3. The van der Waals surface area contributed by atoms with E-state index in [1.165, 1.54) is 12.1 Å². The van der Waals surface area contributed by atoms with Gasteiger partial charge in [-0.2, -0.15) is 0 Å². The van der Waals surface area contributed by atoms with Crippen LogP contribution in [-0.4, -0.2) is 43.3 Å². The highest BCUT2D eigenvalue weighted by Crippen LogP contribution is 2.09. The van der Waals surface area contributed by atoms with Gasteiger partial charge in [0.25, 0.3) is 5.91 Å². The number of benzene rings is 1. The summed E-state index contributed by atoms with van der Waals surface area (Å²) >= 11 is 0. The maximum absolute atomic E-state index is 13.2. The topological polar surface area (TPSA) is 38.8 Å². The van der Waals surface area contributed by atoms with Gasteiger partial charge in [0.1, 0.15) is 11.9 Å². The largest absolute Gasteiger partial charge is 0.379 e. The van der Waals surface area contributed by atoms with Crippen molar-refractivity contribution in [3.63, 3.8) is 0 Å². The molecule has 0 fully saturated rings. The highest BCUT2D eigenvalue weighted by molar-refractivity contribution is 5.80. The molecule has 21 heavy (non-hydrogen) atoms. The van der Waals surface area contributed by atoms with Crippen LogP contribution in [0.1, 0.15) is 26.3 Å². The Balaban J connectivity index is 2.52. The highest BCUT2D eigenvalue weighted by atomic mass is 19.1. The summed E-state index contributed by atoms with van der Waals surface area (Å²) < 4.78 is 23.8. The van der Waals surface area contributed by atoms with Crippen LogP contribution in [0.5, 0.6) is 0 Å². The quantitative estimate of drug-likeness (QED) is 0.658. The van der Waals surface area contributed by atoms with Crippen LogP contribution in [0.25, 0.3) is 0 Å². The van der Waals surface area contributed by atoms with Gasteiger partial charge in [-0.25, -0.2) is 4.39 Å². The van der Waals surface area contributed by atoms with Gasteiger partial charge < -0.3 is 14.4 Å². The Morgan fingerprint density at radius 3 is 2.71 bits per heavy atom. The van der Waals surface area contributed by atoms with Gasteiger partial charge >= 0.3 is 0 Å². The molecule has 118 valence electrons. The Morgan fingerprint density at radius 2 is 2.10 bits per heavy atom. The Morgan fingerprint density at radius 1 is 1.33 bits per heavy atom. The lowest BCUT2D eigenvalue weighted by Gasteiger charge is -2.24. The van der Waals surface area contributed by atoms with E-state index >= 15 is 0 Å². The van der Waals surface area contributed by atoms with Crippen molar-refractivity contribution in [1.82, 2.24) is 4.90 Å². The van der Waals surface area contributed by atoms with Crippen LogP contribution < -0.4 is 0 Å². The molecular weight excluding hydrogens is 273 g/mol. The Kier molecular flexibility index (Phi) is 7.93. The SMILES string of the molecule is CCOCCOC(C)C(=O)N(CC)Cc1cccc(F)c1. The number of halogens is 1. The predicted octanol–water partition coefficient (Wildman–Crippen LogP) is 2.62. The second-order valence-electron chi connectivity index (χ2n) is 4.69. The van der Waals surface area contributed by atoms with Gasteiger partial charge in [-0.1, -0.05) is 12.1 Å². The standard InChI is InChI=1S/C16H24FNO3/c1-4-18(12-14-7-6-8-15(17)11-14)16(19)13(3)21-10-9-20-5-2/h6-8,11,13H,4-5,9-10,12H2,1-3H3. The van der Waals surface area contributed by atoms with E-state index in [4.69, 9.17) is 9.47 Å².